The van der Waals surface area contributed by atoms with E-state index in [1.54, 1.807) is 24.3 Å². The lowest BCUT2D eigenvalue weighted by Crippen LogP contribution is -2.33. The number of imide groups is 1. The van der Waals surface area contributed by atoms with Gasteiger partial charge in [0.1, 0.15) is 0 Å². The minimum atomic E-state index is -0.646. The molecule has 1 N–H and O–H groups in total. The summed E-state index contributed by atoms with van der Waals surface area (Å²) in [5.74, 6) is -1.90. The number of hydrogen-bond donors (Lipinski definition) is 1. The summed E-state index contributed by atoms with van der Waals surface area (Å²) >= 11 is 1.51. The maximum Gasteiger partial charge on any atom is 0.308 e. The Hall–Kier alpha value is -3.00. The van der Waals surface area contributed by atoms with Crippen LogP contribution in [-0.4, -0.2) is 41.7 Å². The molecule has 0 saturated heterocycles. The zero-order valence-corrected chi connectivity index (χ0v) is 14.6. The van der Waals surface area contributed by atoms with Crippen LogP contribution in [0.5, 0.6) is 0 Å². The number of hydrogen-bond acceptors (Lipinski definition) is 6. The molecule has 3 rings (SSSR count). The highest BCUT2D eigenvalue weighted by molar-refractivity contribution is 7.09. The molecule has 0 atom stereocenters. The first kappa shape index (κ1) is 17.8. The quantitative estimate of drug-likeness (QED) is 0.589. The monoisotopic (exact) mass is 372 g/mol. The van der Waals surface area contributed by atoms with Crippen molar-refractivity contribution in [2.45, 2.75) is 13.0 Å². The largest absolute Gasteiger partial charge is 0.456 e. The van der Waals surface area contributed by atoms with Crippen LogP contribution in [0.1, 0.15) is 32.0 Å². The zero-order chi connectivity index (χ0) is 18.5. The number of thiophene rings is 1. The fraction of sp³-hybridized carbons (Fsp3) is 0.222. The van der Waals surface area contributed by atoms with E-state index in [2.05, 4.69) is 5.32 Å². The first-order valence-electron chi connectivity index (χ1n) is 7.96. The third kappa shape index (κ3) is 3.97. The molecule has 1 aliphatic rings. The molecule has 8 heteroatoms. The second-order valence-electron chi connectivity index (χ2n) is 5.57. The molecule has 1 aromatic heterocycles. The number of rotatable bonds is 7. The van der Waals surface area contributed by atoms with Crippen molar-refractivity contribution in [2.24, 2.45) is 0 Å². The van der Waals surface area contributed by atoms with Crippen molar-refractivity contribution in [1.29, 1.82) is 0 Å². The lowest BCUT2D eigenvalue weighted by Gasteiger charge is -2.13. The minimum Gasteiger partial charge on any atom is -0.456 e. The Bertz CT molecular complexity index is 812. The Morgan fingerprint density at radius 1 is 1.04 bits per heavy atom. The smallest absolute Gasteiger partial charge is 0.308 e. The molecule has 3 amide bonds. The number of esters is 1. The van der Waals surface area contributed by atoms with E-state index >= 15 is 0 Å². The summed E-state index contributed by atoms with van der Waals surface area (Å²) in [4.78, 5) is 49.8. The molecule has 0 fully saturated rings. The summed E-state index contributed by atoms with van der Waals surface area (Å²) in [6.45, 7) is -0.0998. The lowest BCUT2D eigenvalue weighted by atomic mass is 10.1. The van der Waals surface area contributed by atoms with Gasteiger partial charge >= 0.3 is 5.97 Å². The topological polar surface area (TPSA) is 92.8 Å². The average molecular weight is 372 g/mol. The maximum atomic E-state index is 12.2. The van der Waals surface area contributed by atoms with Crippen molar-refractivity contribution >= 4 is 35.0 Å². The number of carbonyl (C=O) groups is 4. The van der Waals surface area contributed by atoms with Gasteiger partial charge in [-0.1, -0.05) is 18.2 Å². The third-order valence-electron chi connectivity index (χ3n) is 3.82. The molecule has 2 aromatic rings. The van der Waals surface area contributed by atoms with Crippen molar-refractivity contribution in [3.8, 4) is 0 Å². The van der Waals surface area contributed by atoms with Gasteiger partial charge in [0.2, 0.25) is 0 Å². The number of amides is 3. The Balaban J connectivity index is 1.41. The third-order valence-corrected chi connectivity index (χ3v) is 4.70. The summed E-state index contributed by atoms with van der Waals surface area (Å²) in [7, 11) is 0. The van der Waals surface area contributed by atoms with E-state index in [0.717, 1.165) is 9.78 Å². The van der Waals surface area contributed by atoms with Crippen LogP contribution in [0, 0.1) is 0 Å². The van der Waals surface area contributed by atoms with Crippen LogP contribution in [0.15, 0.2) is 41.8 Å². The molecule has 1 aromatic carbocycles. The number of nitrogens with zero attached hydrogens (tertiary/aromatic N) is 1. The molecule has 7 nitrogen and oxygen atoms in total. The molecule has 26 heavy (non-hydrogen) atoms. The van der Waals surface area contributed by atoms with E-state index in [0.29, 0.717) is 17.7 Å². The fourth-order valence-electron chi connectivity index (χ4n) is 2.51. The summed E-state index contributed by atoms with van der Waals surface area (Å²) in [5.41, 5.74) is 0.664. The molecule has 0 aliphatic carbocycles. The lowest BCUT2D eigenvalue weighted by molar-refractivity contribution is -0.148. The van der Waals surface area contributed by atoms with Crippen LogP contribution in [0.4, 0.5) is 0 Å². The standard InChI is InChI=1S/C18H16N2O5S/c21-15(19-10-12-4-3-9-26-12)11-25-16(22)7-8-20-17(23)13-5-1-2-6-14(13)18(20)24/h1-6,9H,7-8,10-11H2,(H,19,21). The second-order valence-corrected chi connectivity index (χ2v) is 6.61. The highest BCUT2D eigenvalue weighted by Gasteiger charge is 2.35. The predicted molar refractivity (Wildman–Crippen MR) is 93.6 cm³/mol. The highest BCUT2D eigenvalue weighted by Crippen LogP contribution is 2.22. The minimum absolute atomic E-state index is 0.0814. The first-order valence-corrected chi connectivity index (χ1v) is 8.84. The van der Waals surface area contributed by atoms with E-state index in [-0.39, 0.29) is 13.0 Å². The van der Waals surface area contributed by atoms with Crippen LogP contribution >= 0.6 is 11.3 Å². The maximum absolute atomic E-state index is 12.2. The van der Waals surface area contributed by atoms with E-state index in [1.807, 2.05) is 17.5 Å². The Kier molecular flexibility index (Phi) is 5.43. The van der Waals surface area contributed by atoms with E-state index < -0.39 is 30.3 Å². The van der Waals surface area contributed by atoms with Crippen molar-refractivity contribution in [3.63, 3.8) is 0 Å². The Morgan fingerprint density at radius 3 is 2.35 bits per heavy atom. The van der Waals surface area contributed by atoms with Crippen LogP contribution in [0.2, 0.25) is 0 Å². The number of ether oxygens (including phenoxy) is 1. The van der Waals surface area contributed by atoms with Crippen molar-refractivity contribution in [3.05, 3.63) is 57.8 Å². The molecular weight excluding hydrogens is 356 g/mol. The molecule has 2 heterocycles. The number of benzene rings is 1. The van der Waals surface area contributed by atoms with Gasteiger partial charge in [-0.15, -0.1) is 11.3 Å². The summed E-state index contributed by atoms with van der Waals surface area (Å²) in [6, 6.07) is 10.3. The Labute approximate surface area is 153 Å². The molecule has 0 radical (unpaired) electrons. The highest BCUT2D eigenvalue weighted by atomic mass is 32.1. The molecule has 1 aliphatic heterocycles. The van der Waals surface area contributed by atoms with Crippen molar-refractivity contribution in [2.75, 3.05) is 13.2 Å². The van der Waals surface area contributed by atoms with Crippen molar-refractivity contribution in [1.82, 2.24) is 10.2 Å². The average Bonchev–Trinajstić information content (AvgIpc) is 3.25. The van der Waals surface area contributed by atoms with Crippen LogP contribution in [0.3, 0.4) is 0 Å². The van der Waals surface area contributed by atoms with Crippen molar-refractivity contribution < 1.29 is 23.9 Å². The van der Waals surface area contributed by atoms with E-state index in [1.165, 1.54) is 11.3 Å². The SMILES string of the molecule is O=C(COC(=O)CCN1C(=O)c2ccccc2C1=O)NCc1cccs1. The molecule has 0 spiro atoms. The predicted octanol–water partition coefficient (Wildman–Crippen LogP) is 1.59. The van der Waals surface area contributed by atoms with Crippen LogP contribution in [-0.2, 0) is 20.9 Å². The first-order chi connectivity index (χ1) is 12.6. The van der Waals surface area contributed by atoms with Gasteiger partial charge < -0.3 is 10.1 Å². The summed E-state index contributed by atoms with van der Waals surface area (Å²) < 4.78 is 4.88. The molecule has 0 unspecified atom stereocenters. The fourth-order valence-corrected chi connectivity index (χ4v) is 3.16. The second kappa shape index (κ2) is 7.92. The number of nitrogens with one attached hydrogen (secondary N) is 1. The van der Waals surface area contributed by atoms with Gasteiger partial charge in [-0.2, -0.15) is 0 Å². The van der Waals surface area contributed by atoms with Gasteiger partial charge in [-0.25, -0.2) is 0 Å². The number of fused-ring (bicyclic) bond motifs is 1. The van der Waals surface area contributed by atoms with Gasteiger partial charge in [0.25, 0.3) is 17.7 Å². The molecule has 134 valence electrons. The van der Waals surface area contributed by atoms with Gasteiger partial charge in [-0.05, 0) is 23.6 Å². The van der Waals surface area contributed by atoms with E-state index in [4.69, 9.17) is 4.74 Å². The van der Waals surface area contributed by atoms with Gasteiger partial charge in [0.05, 0.1) is 24.1 Å². The molecule has 0 saturated carbocycles. The molecular formula is C18H16N2O5S. The van der Waals surface area contributed by atoms with Gasteiger partial charge in [-0.3, -0.25) is 24.1 Å². The summed E-state index contributed by atoms with van der Waals surface area (Å²) in [5, 5.41) is 4.54. The normalized spacial score (nSPS) is 12.8. The van der Waals surface area contributed by atoms with Crippen LogP contribution < -0.4 is 5.32 Å². The number of carbonyl (C=O) groups excluding carboxylic acids is 4. The van der Waals surface area contributed by atoms with E-state index in [9.17, 15) is 19.2 Å². The van der Waals surface area contributed by atoms with Crippen LogP contribution in [0.25, 0.3) is 0 Å². The summed E-state index contributed by atoms with van der Waals surface area (Å²) in [6.07, 6.45) is -0.163. The zero-order valence-electron chi connectivity index (χ0n) is 13.8. The van der Waals surface area contributed by atoms with Gasteiger partial charge in [0.15, 0.2) is 6.61 Å². The Morgan fingerprint density at radius 2 is 1.73 bits per heavy atom. The molecule has 0 bridgehead atoms. The van der Waals surface area contributed by atoms with Gasteiger partial charge in [0, 0.05) is 11.4 Å².